The standard InChI is InChI=1S/C26H52O15.C7H14O.C5H10O2/c1-3-25(2)26(28)29-12-5-14-31-33-16-7-18-35-37-20-9-22-39-41-24-10-23-40-38-21-8-19-36-34-17-6-15-32-30-13-4-11-27;1-4-6(3)7(8)5-2;1-3-4(2)5(6)7/h25,27H,3-24H2,1-2H3;6H,4-5H2,1-3H3;4H,3H2,1-2H3,(H,6,7). The molecule has 336 valence electrons. The minimum Gasteiger partial charge on any atom is -0.481 e. The van der Waals surface area contributed by atoms with Gasteiger partial charge in [-0.1, -0.05) is 48.5 Å². The molecule has 0 aliphatic rings. The second-order valence-corrected chi connectivity index (χ2v) is 12.3. The SMILES string of the molecule is CCC(=O)C(C)CC.CCC(C)C(=O)O.CCC(C)C(=O)OCCCOOCCCOOCCCOOCCCOOCCCOOCCCOOCCCO. The fraction of sp³-hybridized carbons (Fsp3) is 0.921. The topological polar surface area (TPSA) is 212 Å². The van der Waals surface area contributed by atoms with E-state index in [1.807, 2.05) is 41.5 Å². The molecule has 0 aromatic rings. The Balaban J connectivity index is -0.00000156. The van der Waals surface area contributed by atoms with Gasteiger partial charge in [0.25, 0.3) is 0 Å². The van der Waals surface area contributed by atoms with Crippen LogP contribution in [0.4, 0.5) is 0 Å². The Morgan fingerprint density at radius 2 is 0.679 bits per heavy atom. The first-order chi connectivity index (χ1) is 27.1. The third-order valence-corrected chi connectivity index (χ3v) is 7.34. The Morgan fingerprint density at radius 3 is 0.875 bits per heavy atom. The molecule has 3 atom stereocenters. The van der Waals surface area contributed by atoms with Gasteiger partial charge in [-0.05, 0) is 25.7 Å². The van der Waals surface area contributed by atoms with Gasteiger partial charge in [0.1, 0.15) is 5.78 Å². The molecule has 0 amide bonds. The summed E-state index contributed by atoms with van der Waals surface area (Å²) in [5.41, 5.74) is 0. The van der Waals surface area contributed by atoms with E-state index >= 15 is 0 Å². The number of rotatable bonds is 40. The molecule has 56 heavy (non-hydrogen) atoms. The molecule has 18 nitrogen and oxygen atoms in total. The molecule has 0 spiro atoms. The number of ether oxygens (including phenoxy) is 1. The van der Waals surface area contributed by atoms with Crippen LogP contribution in [0.3, 0.4) is 0 Å². The Kier molecular flexibility index (Phi) is 51.4. The number of aliphatic carboxylic acids is 1. The molecule has 0 saturated heterocycles. The summed E-state index contributed by atoms with van der Waals surface area (Å²) in [6, 6.07) is 0. The summed E-state index contributed by atoms with van der Waals surface area (Å²) in [7, 11) is 0. The number of carboxylic acid groups (broad SMARTS) is 1. The summed E-state index contributed by atoms with van der Waals surface area (Å²) in [4.78, 5) is 92.1. The average molecular weight is 821 g/mol. The molecule has 0 radical (unpaired) electrons. The van der Waals surface area contributed by atoms with Crippen molar-refractivity contribution in [2.45, 2.75) is 119 Å². The van der Waals surface area contributed by atoms with Gasteiger partial charge in [0, 0.05) is 57.5 Å². The van der Waals surface area contributed by atoms with E-state index in [4.69, 9.17) is 73.6 Å². The van der Waals surface area contributed by atoms with Gasteiger partial charge in [0.15, 0.2) is 0 Å². The number of aliphatic hydroxyl groups excluding tert-OH is 1. The fourth-order valence-corrected chi connectivity index (χ4v) is 3.06. The Hall–Kier alpha value is -1.91. The van der Waals surface area contributed by atoms with Crippen LogP contribution in [0.2, 0.25) is 0 Å². The summed E-state index contributed by atoms with van der Waals surface area (Å²) in [5, 5.41) is 16.8. The number of esters is 1. The van der Waals surface area contributed by atoms with Crippen LogP contribution < -0.4 is 0 Å². The van der Waals surface area contributed by atoms with Crippen molar-refractivity contribution in [1.82, 2.24) is 0 Å². The molecule has 0 aliphatic carbocycles. The molecule has 0 aromatic carbocycles. The van der Waals surface area contributed by atoms with E-state index in [1.165, 1.54) is 0 Å². The zero-order valence-electron chi connectivity index (χ0n) is 35.3. The average Bonchev–Trinajstić information content (AvgIpc) is 3.21. The Labute approximate surface area is 334 Å². The van der Waals surface area contributed by atoms with Crippen molar-refractivity contribution in [2.75, 3.05) is 92.5 Å². The number of ketones is 1. The number of Topliss-reactive ketones (excluding diaryl/α,β-unsaturated/α-hetero) is 1. The predicted octanol–water partition coefficient (Wildman–Crippen LogP) is 6.12. The number of hydrogen-bond acceptors (Lipinski definition) is 17. The normalized spacial score (nSPS) is 12.5. The predicted molar refractivity (Wildman–Crippen MR) is 203 cm³/mol. The summed E-state index contributed by atoms with van der Waals surface area (Å²) in [5.74, 6) is -0.487. The highest BCUT2D eigenvalue weighted by Gasteiger charge is 2.11. The molecule has 2 N–H and O–H groups in total. The highest BCUT2D eigenvalue weighted by atomic mass is 17.2. The monoisotopic (exact) mass is 821 g/mol. The third-order valence-electron chi connectivity index (χ3n) is 7.34. The van der Waals surface area contributed by atoms with Crippen molar-refractivity contribution >= 4 is 17.7 Å². The Morgan fingerprint density at radius 1 is 0.411 bits per heavy atom. The van der Waals surface area contributed by atoms with Crippen LogP contribution in [0.1, 0.15) is 119 Å². The van der Waals surface area contributed by atoms with Crippen LogP contribution in [0.5, 0.6) is 0 Å². The maximum absolute atomic E-state index is 11.5. The molecule has 0 aromatic heterocycles. The number of carbonyl (C=O) groups is 3. The largest absolute Gasteiger partial charge is 0.481 e. The molecule has 0 heterocycles. The van der Waals surface area contributed by atoms with Gasteiger partial charge in [-0.15, -0.1) is 0 Å². The Bertz CT molecular complexity index is 822. The van der Waals surface area contributed by atoms with Crippen LogP contribution in [-0.2, 0) is 77.8 Å². The zero-order valence-corrected chi connectivity index (χ0v) is 35.3. The summed E-state index contributed by atoms with van der Waals surface area (Å²) < 4.78 is 5.11. The minimum atomic E-state index is -0.706. The van der Waals surface area contributed by atoms with Gasteiger partial charge in [-0.25, -0.2) is 58.7 Å². The number of hydrogen-bond donors (Lipinski definition) is 2. The van der Waals surface area contributed by atoms with Crippen molar-refractivity contribution < 1.29 is 88.0 Å². The summed E-state index contributed by atoms with van der Waals surface area (Å²) in [6.07, 6.45) is 7.35. The molecule has 0 saturated carbocycles. The number of aliphatic hydroxyl groups is 1. The lowest BCUT2D eigenvalue weighted by atomic mass is 10.0. The van der Waals surface area contributed by atoms with Crippen molar-refractivity contribution in [3.05, 3.63) is 0 Å². The molecule has 18 heteroatoms. The van der Waals surface area contributed by atoms with Crippen LogP contribution in [0.25, 0.3) is 0 Å². The molecule has 0 aliphatic heterocycles. The number of carboxylic acids is 1. The first-order valence-electron chi connectivity index (χ1n) is 20.1. The van der Waals surface area contributed by atoms with E-state index in [-0.39, 0.29) is 30.3 Å². The van der Waals surface area contributed by atoms with Gasteiger partial charge in [-0.2, -0.15) is 0 Å². The van der Waals surface area contributed by atoms with E-state index in [9.17, 15) is 14.4 Å². The van der Waals surface area contributed by atoms with E-state index in [0.29, 0.717) is 143 Å². The van der Waals surface area contributed by atoms with E-state index in [0.717, 1.165) is 19.3 Å². The molecular weight excluding hydrogens is 744 g/mol. The van der Waals surface area contributed by atoms with Crippen LogP contribution in [-0.4, -0.2) is 120 Å². The highest BCUT2D eigenvalue weighted by Crippen LogP contribution is 2.04. The molecule has 0 fully saturated rings. The van der Waals surface area contributed by atoms with Gasteiger partial charge in [0.05, 0.1) is 97.7 Å². The van der Waals surface area contributed by atoms with E-state index in [2.05, 4.69) is 0 Å². The second kappa shape index (κ2) is 49.2. The van der Waals surface area contributed by atoms with Crippen LogP contribution in [0.15, 0.2) is 0 Å². The lowest BCUT2D eigenvalue weighted by Crippen LogP contribution is -2.15. The van der Waals surface area contributed by atoms with Crippen LogP contribution in [0, 0.1) is 17.8 Å². The highest BCUT2D eigenvalue weighted by molar-refractivity contribution is 5.80. The van der Waals surface area contributed by atoms with E-state index in [1.54, 1.807) is 6.92 Å². The molecule has 0 bridgehead atoms. The fourth-order valence-electron chi connectivity index (χ4n) is 3.06. The molecular formula is C38H76O18. The lowest BCUT2D eigenvalue weighted by molar-refractivity contribution is -0.330. The molecule has 0 rings (SSSR count). The van der Waals surface area contributed by atoms with Crippen LogP contribution >= 0.6 is 0 Å². The summed E-state index contributed by atoms with van der Waals surface area (Å²) in [6.45, 7) is 18.2. The van der Waals surface area contributed by atoms with E-state index < -0.39 is 5.97 Å². The van der Waals surface area contributed by atoms with Gasteiger partial charge >= 0.3 is 11.9 Å². The van der Waals surface area contributed by atoms with Crippen molar-refractivity contribution in [3.63, 3.8) is 0 Å². The summed E-state index contributed by atoms with van der Waals surface area (Å²) >= 11 is 0. The zero-order chi connectivity index (χ0) is 42.3. The molecule has 3 unspecified atom stereocenters. The van der Waals surface area contributed by atoms with Gasteiger partial charge in [0.2, 0.25) is 0 Å². The van der Waals surface area contributed by atoms with Crippen molar-refractivity contribution in [3.8, 4) is 0 Å². The van der Waals surface area contributed by atoms with Gasteiger partial charge in [-0.3, -0.25) is 14.4 Å². The maximum atomic E-state index is 11.5. The second-order valence-electron chi connectivity index (χ2n) is 12.3. The van der Waals surface area contributed by atoms with Crippen molar-refractivity contribution in [2.24, 2.45) is 17.8 Å². The first-order valence-corrected chi connectivity index (χ1v) is 20.1. The lowest BCUT2D eigenvalue weighted by Gasteiger charge is -2.09. The first kappa shape index (κ1) is 58.4. The quantitative estimate of drug-likeness (QED) is 0.0309. The smallest absolute Gasteiger partial charge is 0.308 e. The third kappa shape index (κ3) is 48.2. The number of carbonyl (C=O) groups excluding carboxylic acids is 2. The van der Waals surface area contributed by atoms with Gasteiger partial charge < -0.3 is 14.9 Å². The maximum Gasteiger partial charge on any atom is 0.308 e. The van der Waals surface area contributed by atoms with Crippen molar-refractivity contribution in [1.29, 1.82) is 0 Å². The minimum absolute atomic E-state index is 0.0768.